The molecule has 42 heavy (non-hydrogen) atoms. The van der Waals surface area contributed by atoms with Crippen LogP contribution in [0.15, 0.2) is 71.6 Å². The van der Waals surface area contributed by atoms with Gasteiger partial charge in [-0.15, -0.1) is 0 Å². The van der Waals surface area contributed by atoms with Crippen LogP contribution in [-0.2, 0) is 26.2 Å². The van der Waals surface area contributed by atoms with Crippen LogP contribution >= 0.6 is 0 Å². The number of methoxy groups -OCH3 is 2. The molecule has 1 N–H and O–H groups in total. The van der Waals surface area contributed by atoms with Crippen LogP contribution in [-0.4, -0.2) is 58.5 Å². The average Bonchev–Trinajstić information content (AvgIpc) is 2.98. The van der Waals surface area contributed by atoms with Gasteiger partial charge in [0.15, 0.2) is 11.5 Å². The first kappa shape index (κ1) is 32.5. The number of amides is 2. The molecule has 9 nitrogen and oxygen atoms in total. The zero-order valence-electron chi connectivity index (χ0n) is 25.2. The number of anilines is 1. The van der Waals surface area contributed by atoms with E-state index in [-0.39, 0.29) is 23.0 Å². The number of carbonyl (C=O) groups is 2. The Kier molecular flexibility index (Phi) is 11.4. The Labute approximate surface area is 249 Å². The van der Waals surface area contributed by atoms with Crippen LogP contribution in [0.25, 0.3) is 0 Å². The number of sulfonamides is 1. The van der Waals surface area contributed by atoms with Crippen molar-refractivity contribution in [2.45, 2.75) is 58.0 Å². The van der Waals surface area contributed by atoms with E-state index in [9.17, 15) is 18.0 Å². The van der Waals surface area contributed by atoms with Crippen molar-refractivity contribution in [3.63, 3.8) is 0 Å². The summed E-state index contributed by atoms with van der Waals surface area (Å²) in [5.41, 5.74) is 2.97. The summed E-state index contributed by atoms with van der Waals surface area (Å²) in [6, 6.07) is 18.0. The van der Waals surface area contributed by atoms with E-state index >= 15 is 0 Å². The quantitative estimate of drug-likeness (QED) is 0.286. The van der Waals surface area contributed by atoms with Crippen LogP contribution in [0.5, 0.6) is 11.5 Å². The van der Waals surface area contributed by atoms with E-state index < -0.39 is 28.5 Å². The Hall–Kier alpha value is -4.05. The molecule has 0 bridgehead atoms. The largest absolute Gasteiger partial charge is 0.493 e. The number of carbonyl (C=O) groups excluding carboxylic acids is 2. The number of benzene rings is 3. The minimum atomic E-state index is -4.20. The Bertz CT molecular complexity index is 1470. The first-order chi connectivity index (χ1) is 20.0. The third-order valence-corrected chi connectivity index (χ3v) is 8.70. The van der Waals surface area contributed by atoms with E-state index in [1.165, 1.54) is 37.3 Å². The third-order valence-electron chi connectivity index (χ3n) is 6.91. The topological polar surface area (TPSA) is 105 Å². The fraction of sp³-hybridized carbons (Fsp3) is 0.375. The maximum atomic E-state index is 14.2. The molecule has 3 aromatic rings. The van der Waals surface area contributed by atoms with E-state index in [0.29, 0.717) is 24.5 Å². The van der Waals surface area contributed by atoms with Crippen molar-refractivity contribution in [2.24, 2.45) is 0 Å². The number of hydrogen-bond donors (Lipinski definition) is 1. The van der Waals surface area contributed by atoms with Crippen LogP contribution in [0.2, 0.25) is 0 Å². The predicted octanol–water partition coefficient (Wildman–Crippen LogP) is 4.85. The number of rotatable bonds is 14. The van der Waals surface area contributed by atoms with Gasteiger partial charge in [0.25, 0.3) is 10.0 Å². The highest BCUT2D eigenvalue weighted by Crippen LogP contribution is 2.34. The maximum absolute atomic E-state index is 14.2. The third kappa shape index (κ3) is 7.82. The van der Waals surface area contributed by atoms with E-state index in [0.717, 1.165) is 27.4 Å². The SMILES string of the molecule is CCCNC(=O)C(CC)N(Cc1cccc(C)c1)C(=O)CN(c1ccc(OC)c(OC)c1)S(=O)(=O)c1ccc(C)cc1. The lowest BCUT2D eigenvalue weighted by Crippen LogP contribution is -2.52. The molecule has 10 heteroatoms. The van der Waals surface area contributed by atoms with Gasteiger partial charge in [0.05, 0.1) is 24.8 Å². The lowest BCUT2D eigenvalue weighted by Gasteiger charge is -2.33. The number of aryl methyl sites for hydroxylation is 2. The highest BCUT2D eigenvalue weighted by Gasteiger charge is 2.34. The van der Waals surface area contributed by atoms with E-state index in [1.807, 2.05) is 52.0 Å². The van der Waals surface area contributed by atoms with E-state index in [2.05, 4.69) is 5.32 Å². The van der Waals surface area contributed by atoms with Crippen molar-refractivity contribution in [1.29, 1.82) is 0 Å². The van der Waals surface area contributed by atoms with Crippen molar-refractivity contribution in [1.82, 2.24) is 10.2 Å². The molecular formula is C32H41N3O6S. The van der Waals surface area contributed by atoms with Crippen molar-refractivity contribution in [3.8, 4) is 11.5 Å². The van der Waals surface area contributed by atoms with Gasteiger partial charge in [0, 0.05) is 19.2 Å². The number of nitrogens with one attached hydrogen (secondary N) is 1. The molecule has 0 fully saturated rings. The molecule has 0 radical (unpaired) electrons. The lowest BCUT2D eigenvalue weighted by molar-refractivity contribution is -0.140. The first-order valence-electron chi connectivity index (χ1n) is 14.0. The second kappa shape index (κ2) is 14.7. The smallest absolute Gasteiger partial charge is 0.264 e. The summed E-state index contributed by atoms with van der Waals surface area (Å²) in [7, 11) is -1.26. The number of ether oxygens (including phenoxy) is 2. The summed E-state index contributed by atoms with van der Waals surface area (Å²) >= 11 is 0. The molecule has 0 saturated heterocycles. The predicted molar refractivity (Wildman–Crippen MR) is 164 cm³/mol. The van der Waals surface area contributed by atoms with Gasteiger partial charge in [0.2, 0.25) is 11.8 Å². The summed E-state index contributed by atoms with van der Waals surface area (Å²) in [5, 5.41) is 2.89. The fourth-order valence-corrected chi connectivity index (χ4v) is 6.04. The van der Waals surface area contributed by atoms with Crippen LogP contribution < -0.4 is 19.1 Å². The molecule has 2 amide bonds. The molecule has 0 spiro atoms. The second-order valence-electron chi connectivity index (χ2n) is 10.1. The zero-order chi connectivity index (χ0) is 30.9. The highest BCUT2D eigenvalue weighted by molar-refractivity contribution is 7.92. The van der Waals surface area contributed by atoms with E-state index in [4.69, 9.17) is 9.47 Å². The molecule has 0 saturated carbocycles. The monoisotopic (exact) mass is 595 g/mol. The van der Waals surface area contributed by atoms with Crippen LogP contribution in [0.4, 0.5) is 5.69 Å². The molecule has 0 aliphatic carbocycles. The standard InChI is InChI=1S/C32H41N3O6S/c1-7-18-33-32(37)28(8-2)34(21-25-11-9-10-24(4)19-25)31(36)22-35(26-14-17-29(40-5)30(20-26)41-6)42(38,39)27-15-12-23(3)13-16-27/h9-17,19-20,28H,7-8,18,21-22H2,1-6H3,(H,33,37). The summed E-state index contributed by atoms with van der Waals surface area (Å²) in [4.78, 5) is 28.9. The van der Waals surface area contributed by atoms with Gasteiger partial charge in [0.1, 0.15) is 12.6 Å². The first-order valence-corrected chi connectivity index (χ1v) is 15.4. The van der Waals surface area contributed by atoms with Crippen molar-refractivity contribution in [3.05, 3.63) is 83.4 Å². The molecular weight excluding hydrogens is 554 g/mol. The van der Waals surface area contributed by atoms with Gasteiger partial charge in [-0.3, -0.25) is 13.9 Å². The molecule has 3 rings (SSSR count). The highest BCUT2D eigenvalue weighted by atomic mass is 32.2. The summed E-state index contributed by atoms with van der Waals surface area (Å²) in [6.45, 7) is 7.69. The zero-order valence-corrected chi connectivity index (χ0v) is 26.0. The van der Waals surface area contributed by atoms with Crippen LogP contribution in [0.3, 0.4) is 0 Å². The average molecular weight is 596 g/mol. The van der Waals surface area contributed by atoms with Crippen LogP contribution in [0, 0.1) is 13.8 Å². The van der Waals surface area contributed by atoms with Gasteiger partial charge >= 0.3 is 0 Å². The molecule has 0 heterocycles. The van der Waals surface area contributed by atoms with Gasteiger partial charge in [-0.2, -0.15) is 0 Å². The van der Waals surface area contributed by atoms with E-state index in [1.54, 1.807) is 24.3 Å². The van der Waals surface area contributed by atoms with Crippen molar-refractivity contribution >= 4 is 27.5 Å². The van der Waals surface area contributed by atoms with Gasteiger partial charge in [-0.25, -0.2) is 8.42 Å². The Morgan fingerprint density at radius 3 is 2.17 bits per heavy atom. The van der Waals surface area contributed by atoms with Crippen LogP contribution in [0.1, 0.15) is 43.4 Å². The minimum Gasteiger partial charge on any atom is -0.493 e. The molecule has 1 atom stereocenters. The van der Waals surface area contributed by atoms with Gasteiger partial charge in [-0.05, 0) is 56.5 Å². The molecule has 1 unspecified atom stereocenters. The normalized spacial score (nSPS) is 11.9. The molecule has 0 aliphatic heterocycles. The minimum absolute atomic E-state index is 0.0358. The maximum Gasteiger partial charge on any atom is 0.264 e. The number of nitrogens with zero attached hydrogens (tertiary/aromatic N) is 2. The van der Waals surface area contributed by atoms with Crippen molar-refractivity contribution in [2.75, 3.05) is 31.6 Å². The fourth-order valence-electron chi connectivity index (χ4n) is 4.64. The van der Waals surface area contributed by atoms with Gasteiger partial charge < -0.3 is 19.7 Å². The molecule has 0 aliphatic rings. The second-order valence-corrected chi connectivity index (χ2v) is 12.0. The van der Waals surface area contributed by atoms with Crippen molar-refractivity contribution < 1.29 is 27.5 Å². The summed E-state index contributed by atoms with van der Waals surface area (Å²) < 4.78 is 40.0. The molecule has 3 aromatic carbocycles. The Balaban J connectivity index is 2.11. The Morgan fingerprint density at radius 2 is 1.57 bits per heavy atom. The summed E-state index contributed by atoms with van der Waals surface area (Å²) in [6.07, 6.45) is 1.10. The number of hydrogen-bond acceptors (Lipinski definition) is 6. The summed E-state index contributed by atoms with van der Waals surface area (Å²) in [5.74, 6) is -0.0617. The van der Waals surface area contributed by atoms with Gasteiger partial charge in [-0.1, -0.05) is 61.4 Å². The molecule has 226 valence electrons. The molecule has 0 aromatic heterocycles. The lowest BCUT2D eigenvalue weighted by atomic mass is 10.1. The Morgan fingerprint density at radius 1 is 0.881 bits per heavy atom.